The Morgan fingerprint density at radius 3 is 2.37 bits per heavy atom. The molecule has 0 aromatic carbocycles. The normalized spacial score (nSPS) is 22.0. The number of nitrogens with zero attached hydrogens (tertiary/aromatic N) is 2. The highest BCUT2D eigenvalue weighted by Gasteiger charge is 2.35. The summed E-state index contributed by atoms with van der Waals surface area (Å²) in [4.78, 5) is 0. The van der Waals surface area contributed by atoms with Crippen molar-refractivity contribution in [2.75, 3.05) is 26.2 Å². The number of hydrogen-bond acceptors (Lipinski definition) is 3. The van der Waals surface area contributed by atoms with Gasteiger partial charge in [0.2, 0.25) is 0 Å². The van der Waals surface area contributed by atoms with E-state index in [9.17, 15) is 8.42 Å². The van der Waals surface area contributed by atoms with Crippen LogP contribution in [0.5, 0.6) is 0 Å². The summed E-state index contributed by atoms with van der Waals surface area (Å²) < 4.78 is 28.7. The van der Waals surface area contributed by atoms with Crippen molar-refractivity contribution in [2.24, 2.45) is 0 Å². The molecule has 0 spiro atoms. The zero-order chi connectivity index (χ0) is 14.3. The zero-order valence-corrected chi connectivity index (χ0v) is 13.0. The van der Waals surface area contributed by atoms with Gasteiger partial charge in [0, 0.05) is 32.3 Å². The van der Waals surface area contributed by atoms with E-state index in [0.29, 0.717) is 26.1 Å². The lowest BCUT2D eigenvalue weighted by Crippen LogP contribution is -2.51. The third kappa shape index (κ3) is 4.41. The molecular weight excluding hydrogens is 264 g/mol. The standard InChI is InChI=1S/C13H28N2O3S/c1-3-9-14(10-4-2)19(17,18)15-11-6-5-7-13(15)8-12-16/h13,16H,3-12H2,1-2H3. The number of piperidine rings is 1. The van der Waals surface area contributed by atoms with E-state index in [2.05, 4.69) is 0 Å². The van der Waals surface area contributed by atoms with E-state index in [1.54, 1.807) is 8.61 Å². The van der Waals surface area contributed by atoms with Gasteiger partial charge < -0.3 is 5.11 Å². The van der Waals surface area contributed by atoms with Crippen LogP contribution in [0.15, 0.2) is 0 Å². The summed E-state index contributed by atoms with van der Waals surface area (Å²) in [6, 6.07) is -0.0278. The monoisotopic (exact) mass is 292 g/mol. The Hall–Kier alpha value is -0.170. The molecule has 0 saturated carbocycles. The zero-order valence-electron chi connectivity index (χ0n) is 12.2. The highest BCUT2D eigenvalue weighted by atomic mass is 32.2. The molecule has 1 N–H and O–H groups in total. The van der Waals surface area contributed by atoms with Gasteiger partial charge in [0.25, 0.3) is 10.2 Å². The van der Waals surface area contributed by atoms with Crippen LogP contribution in [0.4, 0.5) is 0 Å². The van der Waals surface area contributed by atoms with Gasteiger partial charge in [-0.25, -0.2) is 0 Å². The largest absolute Gasteiger partial charge is 0.396 e. The van der Waals surface area contributed by atoms with Crippen LogP contribution >= 0.6 is 0 Å². The van der Waals surface area contributed by atoms with Gasteiger partial charge in [-0.2, -0.15) is 17.0 Å². The van der Waals surface area contributed by atoms with Crippen molar-refractivity contribution >= 4 is 10.2 Å². The van der Waals surface area contributed by atoms with Crippen LogP contribution in [0.2, 0.25) is 0 Å². The second kappa shape index (κ2) is 8.19. The van der Waals surface area contributed by atoms with Gasteiger partial charge in [0.05, 0.1) is 0 Å². The summed E-state index contributed by atoms with van der Waals surface area (Å²) in [6.07, 6.45) is 5.05. The Labute approximate surface area is 117 Å². The maximum absolute atomic E-state index is 12.7. The fourth-order valence-corrected chi connectivity index (χ4v) is 4.78. The van der Waals surface area contributed by atoms with Crippen LogP contribution in [-0.4, -0.2) is 54.4 Å². The minimum Gasteiger partial charge on any atom is -0.396 e. The molecular formula is C13H28N2O3S. The van der Waals surface area contributed by atoms with Crippen molar-refractivity contribution in [3.8, 4) is 0 Å². The van der Waals surface area contributed by atoms with Gasteiger partial charge in [-0.3, -0.25) is 0 Å². The molecule has 0 amide bonds. The summed E-state index contributed by atoms with van der Waals surface area (Å²) in [5, 5.41) is 9.11. The molecule has 0 aromatic heterocycles. The third-order valence-electron chi connectivity index (χ3n) is 3.60. The van der Waals surface area contributed by atoms with Gasteiger partial charge >= 0.3 is 0 Å². The summed E-state index contributed by atoms with van der Waals surface area (Å²) in [6.45, 7) is 5.81. The summed E-state index contributed by atoms with van der Waals surface area (Å²) in [7, 11) is -3.36. The fraction of sp³-hybridized carbons (Fsp3) is 1.00. The van der Waals surface area contributed by atoms with Crippen LogP contribution < -0.4 is 0 Å². The summed E-state index contributed by atoms with van der Waals surface area (Å²) in [5.74, 6) is 0. The van der Waals surface area contributed by atoms with E-state index in [1.165, 1.54) is 0 Å². The molecule has 19 heavy (non-hydrogen) atoms. The first kappa shape index (κ1) is 16.9. The predicted octanol–water partition coefficient (Wildman–Crippen LogP) is 1.59. The van der Waals surface area contributed by atoms with Gasteiger partial charge in [-0.1, -0.05) is 20.3 Å². The van der Waals surface area contributed by atoms with Gasteiger partial charge in [-0.05, 0) is 32.1 Å². The highest BCUT2D eigenvalue weighted by Crippen LogP contribution is 2.24. The van der Waals surface area contributed by atoms with E-state index in [1.807, 2.05) is 13.8 Å². The smallest absolute Gasteiger partial charge is 0.282 e. The fourth-order valence-electron chi connectivity index (χ4n) is 2.70. The quantitative estimate of drug-likeness (QED) is 0.739. The van der Waals surface area contributed by atoms with Crippen molar-refractivity contribution in [1.29, 1.82) is 0 Å². The second-order valence-corrected chi connectivity index (χ2v) is 7.06. The average Bonchev–Trinajstić information content (AvgIpc) is 2.39. The lowest BCUT2D eigenvalue weighted by molar-refractivity contribution is 0.182. The second-order valence-electron chi connectivity index (χ2n) is 5.18. The lowest BCUT2D eigenvalue weighted by Gasteiger charge is -2.37. The third-order valence-corrected chi connectivity index (χ3v) is 5.70. The van der Waals surface area contributed by atoms with Crippen LogP contribution in [0.25, 0.3) is 0 Å². The maximum atomic E-state index is 12.7. The van der Waals surface area contributed by atoms with E-state index < -0.39 is 10.2 Å². The number of hydrogen-bond donors (Lipinski definition) is 1. The molecule has 1 unspecified atom stereocenters. The van der Waals surface area contributed by atoms with E-state index in [0.717, 1.165) is 32.1 Å². The molecule has 1 atom stereocenters. The molecule has 1 fully saturated rings. The molecule has 114 valence electrons. The van der Waals surface area contributed by atoms with Crippen molar-refractivity contribution < 1.29 is 13.5 Å². The molecule has 5 nitrogen and oxygen atoms in total. The van der Waals surface area contributed by atoms with Crippen LogP contribution in [-0.2, 0) is 10.2 Å². The Bertz CT molecular complexity index is 338. The van der Waals surface area contributed by atoms with Crippen molar-refractivity contribution in [1.82, 2.24) is 8.61 Å². The number of aliphatic hydroxyl groups is 1. The Morgan fingerprint density at radius 1 is 1.21 bits per heavy atom. The van der Waals surface area contributed by atoms with Crippen LogP contribution in [0.1, 0.15) is 52.4 Å². The molecule has 6 heteroatoms. The first-order valence-corrected chi connectivity index (χ1v) is 8.85. The van der Waals surface area contributed by atoms with Crippen molar-refractivity contribution in [3.63, 3.8) is 0 Å². The SMILES string of the molecule is CCCN(CCC)S(=O)(=O)N1CCCCC1CCO. The van der Waals surface area contributed by atoms with Crippen molar-refractivity contribution in [2.45, 2.75) is 58.4 Å². The van der Waals surface area contributed by atoms with E-state index in [4.69, 9.17) is 5.11 Å². The van der Waals surface area contributed by atoms with Gasteiger partial charge in [0.15, 0.2) is 0 Å². The molecule has 1 saturated heterocycles. The number of aliphatic hydroxyl groups excluding tert-OH is 1. The van der Waals surface area contributed by atoms with Crippen LogP contribution in [0.3, 0.4) is 0 Å². The molecule has 1 heterocycles. The molecule has 0 aliphatic carbocycles. The average molecular weight is 292 g/mol. The minimum atomic E-state index is -3.36. The molecule has 1 aliphatic rings. The topological polar surface area (TPSA) is 60.9 Å². The molecule has 0 aromatic rings. The first-order chi connectivity index (χ1) is 9.07. The molecule has 0 radical (unpaired) electrons. The van der Waals surface area contributed by atoms with Gasteiger partial charge in [0.1, 0.15) is 0 Å². The molecule has 1 aliphatic heterocycles. The minimum absolute atomic E-state index is 0.0278. The van der Waals surface area contributed by atoms with E-state index >= 15 is 0 Å². The predicted molar refractivity (Wildman–Crippen MR) is 77.1 cm³/mol. The summed E-state index contributed by atoms with van der Waals surface area (Å²) in [5.41, 5.74) is 0. The first-order valence-electron chi connectivity index (χ1n) is 7.45. The molecule has 0 bridgehead atoms. The Kier molecular flexibility index (Phi) is 7.28. The van der Waals surface area contributed by atoms with E-state index in [-0.39, 0.29) is 12.6 Å². The Balaban J connectivity index is 2.86. The molecule has 1 rings (SSSR count). The van der Waals surface area contributed by atoms with Crippen molar-refractivity contribution in [3.05, 3.63) is 0 Å². The number of rotatable bonds is 8. The summed E-state index contributed by atoms with van der Waals surface area (Å²) >= 11 is 0. The lowest BCUT2D eigenvalue weighted by atomic mass is 10.0. The van der Waals surface area contributed by atoms with Gasteiger partial charge in [-0.15, -0.1) is 0 Å². The maximum Gasteiger partial charge on any atom is 0.282 e. The Morgan fingerprint density at radius 2 is 1.84 bits per heavy atom. The van der Waals surface area contributed by atoms with Crippen LogP contribution in [0, 0.1) is 0 Å². The highest BCUT2D eigenvalue weighted by molar-refractivity contribution is 7.86.